The van der Waals surface area contributed by atoms with Crippen LogP contribution in [0.1, 0.15) is 6.42 Å². The standard InChI is InChI=1S/C11H9N3/c12-7-5-9-8-3-1-2-4-10(8)14-11(9)13-6-7/h1-2,4-6H,3,12H2. The third-order valence-electron chi connectivity index (χ3n) is 2.46. The van der Waals surface area contributed by atoms with Crippen LogP contribution in [0.5, 0.6) is 0 Å². The van der Waals surface area contributed by atoms with Crippen molar-refractivity contribution in [2.45, 2.75) is 6.42 Å². The van der Waals surface area contributed by atoms with Crippen molar-refractivity contribution in [3.8, 4) is 0 Å². The Morgan fingerprint density at radius 3 is 3.21 bits per heavy atom. The van der Waals surface area contributed by atoms with Crippen LogP contribution in [0.2, 0.25) is 0 Å². The van der Waals surface area contributed by atoms with Gasteiger partial charge in [0.1, 0.15) is 0 Å². The Morgan fingerprint density at radius 1 is 1.36 bits per heavy atom. The molecule has 2 aliphatic rings. The second-order valence-corrected chi connectivity index (χ2v) is 3.41. The minimum Gasteiger partial charge on any atom is -0.397 e. The number of allylic oxidation sites excluding steroid dienone is 4. The van der Waals surface area contributed by atoms with E-state index in [2.05, 4.69) is 16.1 Å². The highest BCUT2D eigenvalue weighted by Crippen LogP contribution is 2.21. The molecule has 0 saturated carbocycles. The fourth-order valence-corrected chi connectivity index (χ4v) is 1.80. The van der Waals surface area contributed by atoms with Gasteiger partial charge < -0.3 is 5.73 Å². The molecule has 3 rings (SSSR count). The SMILES string of the molecule is Nc1cnc2c(c1)=C1CC=CC=C1N=2. The summed E-state index contributed by atoms with van der Waals surface area (Å²) in [4.78, 5) is 8.62. The molecule has 0 amide bonds. The molecule has 0 fully saturated rings. The first kappa shape index (κ1) is 7.50. The van der Waals surface area contributed by atoms with Crippen molar-refractivity contribution >= 4 is 11.3 Å². The zero-order valence-electron chi connectivity index (χ0n) is 7.57. The number of pyridine rings is 1. The van der Waals surface area contributed by atoms with Crippen molar-refractivity contribution in [1.82, 2.24) is 4.98 Å². The van der Waals surface area contributed by atoms with E-state index in [1.54, 1.807) is 6.20 Å². The van der Waals surface area contributed by atoms with Crippen LogP contribution in [-0.4, -0.2) is 4.98 Å². The second-order valence-electron chi connectivity index (χ2n) is 3.41. The van der Waals surface area contributed by atoms with Crippen LogP contribution in [0.3, 0.4) is 0 Å². The maximum absolute atomic E-state index is 5.70. The van der Waals surface area contributed by atoms with Crippen LogP contribution in [-0.2, 0) is 0 Å². The van der Waals surface area contributed by atoms with Gasteiger partial charge in [0.25, 0.3) is 0 Å². The van der Waals surface area contributed by atoms with Gasteiger partial charge in [-0.05, 0) is 24.1 Å². The van der Waals surface area contributed by atoms with Gasteiger partial charge in [0.2, 0.25) is 0 Å². The van der Waals surface area contributed by atoms with E-state index in [0.29, 0.717) is 5.69 Å². The molecule has 0 radical (unpaired) electrons. The normalized spacial score (nSPS) is 17.1. The van der Waals surface area contributed by atoms with E-state index in [-0.39, 0.29) is 0 Å². The largest absolute Gasteiger partial charge is 0.397 e. The predicted molar refractivity (Wildman–Crippen MR) is 54.7 cm³/mol. The lowest BCUT2D eigenvalue weighted by Gasteiger charge is -2.03. The smallest absolute Gasteiger partial charge is 0.160 e. The van der Waals surface area contributed by atoms with Crippen molar-refractivity contribution in [1.29, 1.82) is 0 Å². The van der Waals surface area contributed by atoms with Gasteiger partial charge in [-0.15, -0.1) is 0 Å². The van der Waals surface area contributed by atoms with Crippen molar-refractivity contribution < 1.29 is 0 Å². The summed E-state index contributed by atoms with van der Waals surface area (Å²) in [5, 5.41) is 1.08. The van der Waals surface area contributed by atoms with E-state index >= 15 is 0 Å². The van der Waals surface area contributed by atoms with Crippen LogP contribution in [0, 0.1) is 0 Å². The second kappa shape index (κ2) is 2.54. The fraction of sp³-hybridized carbons (Fsp3) is 0.0909. The van der Waals surface area contributed by atoms with Crippen molar-refractivity contribution in [2.75, 3.05) is 5.73 Å². The lowest BCUT2D eigenvalue weighted by atomic mass is 10.0. The van der Waals surface area contributed by atoms with Crippen LogP contribution < -0.4 is 16.4 Å². The molecule has 1 aromatic rings. The van der Waals surface area contributed by atoms with E-state index < -0.39 is 0 Å². The van der Waals surface area contributed by atoms with E-state index in [4.69, 9.17) is 5.73 Å². The quantitative estimate of drug-likeness (QED) is 0.628. The number of nitrogen functional groups attached to an aromatic ring is 1. The molecular weight excluding hydrogens is 174 g/mol. The minimum atomic E-state index is 0.697. The van der Waals surface area contributed by atoms with E-state index in [9.17, 15) is 0 Å². The lowest BCUT2D eigenvalue weighted by molar-refractivity contribution is 1.13. The molecular formula is C11H9N3. The van der Waals surface area contributed by atoms with E-state index in [1.165, 1.54) is 5.57 Å². The first-order valence-electron chi connectivity index (χ1n) is 4.55. The monoisotopic (exact) mass is 183 g/mol. The van der Waals surface area contributed by atoms with Crippen LogP contribution in [0.4, 0.5) is 5.69 Å². The fourth-order valence-electron chi connectivity index (χ4n) is 1.80. The minimum absolute atomic E-state index is 0.697. The molecule has 2 N–H and O–H groups in total. The third kappa shape index (κ3) is 0.923. The first-order chi connectivity index (χ1) is 6.84. The molecule has 0 bridgehead atoms. The Labute approximate surface area is 81.0 Å². The Hall–Kier alpha value is -1.90. The van der Waals surface area contributed by atoms with Gasteiger partial charge in [0.15, 0.2) is 5.49 Å². The molecule has 1 aliphatic carbocycles. The van der Waals surface area contributed by atoms with Gasteiger partial charge in [0.05, 0.1) is 17.6 Å². The van der Waals surface area contributed by atoms with Gasteiger partial charge in [-0.3, -0.25) is 0 Å². The number of rotatable bonds is 0. The molecule has 0 saturated heterocycles. The topological polar surface area (TPSA) is 51.3 Å². The lowest BCUT2D eigenvalue weighted by Crippen LogP contribution is -2.26. The molecule has 1 aliphatic heterocycles. The van der Waals surface area contributed by atoms with Gasteiger partial charge in [0, 0.05) is 5.22 Å². The summed E-state index contributed by atoms with van der Waals surface area (Å²) < 4.78 is 0. The number of hydrogen-bond donors (Lipinski definition) is 1. The van der Waals surface area contributed by atoms with Crippen molar-refractivity contribution in [3.05, 3.63) is 46.9 Å². The zero-order chi connectivity index (χ0) is 9.54. The highest BCUT2D eigenvalue weighted by molar-refractivity contribution is 5.69. The molecule has 0 aromatic carbocycles. The number of nitrogens with zero attached hydrogens (tertiary/aromatic N) is 2. The summed E-state index contributed by atoms with van der Waals surface area (Å²) in [5.41, 5.74) is 9.46. The number of hydrogen-bond acceptors (Lipinski definition) is 3. The molecule has 3 nitrogen and oxygen atoms in total. The third-order valence-corrected chi connectivity index (χ3v) is 2.46. The maximum Gasteiger partial charge on any atom is 0.160 e. The molecule has 3 heteroatoms. The predicted octanol–water partition coefficient (Wildman–Crippen LogP) is 0.292. The van der Waals surface area contributed by atoms with Gasteiger partial charge in [-0.1, -0.05) is 12.2 Å². The Morgan fingerprint density at radius 2 is 2.29 bits per heavy atom. The summed E-state index contributed by atoms with van der Waals surface area (Å²) in [7, 11) is 0. The highest BCUT2D eigenvalue weighted by atomic mass is 14.9. The summed E-state index contributed by atoms with van der Waals surface area (Å²) in [6.07, 6.45) is 8.72. The van der Waals surface area contributed by atoms with E-state index in [0.717, 1.165) is 22.8 Å². The summed E-state index contributed by atoms with van der Waals surface area (Å²) in [5.74, 6) is 0. The number of aromatic nitrogens is 1. The van der Waals surface area contributed by atoms with Crippen LogP contribution >= 0.6 is 0 Å². The average molecular weight is 183 g/mol. The van der Waals surface area contributed by atoms with Gasteiger partial charge in [-0.2, -0.15) is 0 Å². The molecule has 0 spiro atoms. The Kier molecular flexibility index (Phi) is 1.36. The maximum atomic E-state index is 5.70. The summed E-state index contributed by atoms with van der Waals surface area (Å²) in [6.45, 7) is 0. The van der Waals surface area contributed by atoms with Crippen molar-refractivity contribution in [2.24, 2.45) is 4.99 Å². The Balaban J connectivity index is 2.43. The van der Waals surface area contributed by atoms with Crippen LogP contribution in [0.15, 0.2) is 41.2 Å². The molecule has 0 atom stereocenters. The molecule has 2 heterocycles. The number of anilines is 1. The number of nitrogens with two attached hydrogens (primary N) is 1. The zero-order valence-corrected chi connectivity index (χ0v) is 7.57. The molecule has 1 aromatic heterocycles. The van der Waals surface area contributed by atoms with E-state index in [1.807, 2.05) is 18.2 Å². The molecule has 68 valence electrons. The molecule has 0 unspecified atom stereocenters. The van der Waals surface area contributed by atoms with Gasteiger partial charge in [-0.25, -0.2) is 9.98 Å². The van der Waals surface area contributed by atoms with Crippen LogP contribution in [0.25, 0.3) is 5.57 Å². The summed E-state index contributed by atoms with van der Waals surface area (Å²) in [6, 6.07) is 1.95. The summed E-state index contributed by atoms with van der Waals surface area (Å²) >= 11 is 0. The highest BCUT2D eigenvalue weighted by Gasteiger charge is 2.13. The molecule has 14 heavy (non-hydrogen) atoms. The van der Waals surface area contributed by atoms with Gasteiger partial charge >= 0.3 is 0 Å². The first-order valence-corrected chi connectivity index (χ1v) is 4.55. The average Bonchev–Trinajstić information content (AvgIpc) is 2.56. The van der Waals surface area contributed by atoms with Crippen molar-refractivity contribution in [3.63, 3.8) is 0 Å². The number of fused-ring (bicyclic) bond motifs is 2. The Bertz CT molecular complexity index is 579.